The van der Waals surface area contributed by atoms with E-state index in [0.29, 0.717) is 42.6 Å². The van der Waals surface area contributed by atoms with Crippen LogP contribution in [0.15, 0.2) is 24.3 Å². The Morgan fingerprint density at radius 3 is 2.73 bits per heavy atom. The van der Waals surface area contributed by atoms with Crippen molar-refractivity contribution in [2.75, 3.05) is 59.5 Å². The summed E-state index contributed by atoms with van der Waals surface area (Å²) in [7, 11) is 1.69. The first-order valence-electron chi connectivity index (χ1n) is 11.5. The van der Waals surface area contributed by atoms with Gasteiger partial charge in [-0.15, -0.1) is 0 Å². The number of methoxy groups -OCH3 is 1. The molecule has 0 aromatic heterocycles. The molecule has 2 fully saturated rings. The number of likely N-dealkylation sites (tertiary alicyclic amines) is 1. The average molecular weight is 498 g/mol. The summed E-state index contributed by atoms with van der Waals surface area (Å²) in [4.78, 5) is 31.1. The predicted molar refractivity (Wildman–Crippen MR) is 130 cm³/mol. The van der Waals surface area contributed by atoms with Crippen LogP contribution in [-0.2, 0) is 14.3 Å². The largest absolute Gasteiger partial charge is 0.396 e. The first kappa shape index (κ1) is 26.0. The smallest absolute Gasteiger partial charge is 0.246 e. The molecule has 33 heavy (non-hydrogen) atoms. The molecule has 2 atom stereocenters. The minimum atomic E-state index is -0.118. The lowest BCUT2D eigenvalue weighted by Crippen LogP contribution is -2.46. The quantitative estimate of drug-likeness (QED) is 0.559. The van der Waals surface area contributed by atoms with Crippen molar-refractivity contribution in [1.82, 2.24) is 14.7 Å². The summed E-state index contributed by atoms with van der Waals surface area (Å²) in [6, 6.07) is 5.20. The number of hydrogen-bond donors (Lipinski definition) is 1. The molecule has 1 N–H and O–H groups in total. The van der Waals surface area contributed by atoms with Crippen LogP contribution in [0.4, 0.5) is 0 Å². The van der Waals surface area contributed by atoms with Gasteiger partial charge in [-0.05, 0) is 49.7 Å². The van der Waals surface area contributed by atoms with Crippen molar-refractivity contribution in [1.29, 1.82) is 0 Å². The van der Waals surface area contributed by atoms with Crippen LogP contribution in [-0.4, -0.2) is 97.3 Å². The van der Waals surface area contributed by atoms with E-state index in [-0.39, 0.29) is 30.4 Å². The van der Waals surface area contributed by atoms with Crippen molar-refractivity contribution in [3.63, 3.8) is 0 Å². The fraction of sp³-hybridized carbons (Fsp3) is 0.583. The lowest BCUT2D eigenvalue weighted by molar-refractivity contribution is -0.130. The summed E-state index contributed by atoms with van der Waals surface area (Å²) in [5.74, 6) is 0.174. The number of benzene rings is 1. The van der Waals surface area contributed by atoms with E-state index in [1.807, 2.05) is 4.90 Å². The lowest BCUT2D eigenvalue weighted by atomic mass is 9.94. The summed E-state index contributed by atoms with van der Waals surface area (Å²) in [6.07, 6.45) is 5.41. The highest BCUT2D eigenvalue weighted by Crippen LogP contribution is 2.23. The van der Waals surface area contributed by atoms with Gasteiger partial charge in [0.1, 0.15) is 0 Å². The van der Waals surface area contributed by atoms with Crippen molar-refractivity contribution in [2.24, 2.45) is 5.92 Å². The number of ether oxygens (including phenoxy) is 1. The van der Waals surface area contributed by atoms with Gasteiger partial charge in [-0.3, -0.25) is 9.59 Å². The van der Waals surface area contributed by atoms with Crippen molar-refractivity contribution < 1.29 is 19.4 Å². The Balaban J connectivity index is 1.45. The summed E-state index contributed by atoms with van der Waals surface area (Å²) < 4.78 is 5.53. The van der Waals surface area contributed by atoms with Crippen LogP contribution in [0.5, 0.6) is 0 Å². The van der Waals surface area contributed by atoms with E-state index in [2.05, 4.69) is 4.90 Å². The summed E-state index contributed by atoms with van der Waals surface area (Å²) in [5.41, 5.74) is 0.795. The number of rotatable bonds is 8. The number of carbonyl (C=O) groups excluding carboxylic acids is 2. The highest BCUT2D eigenvalue weighted by atomic mass is 35.5. The van der Waals surface area contributed by atoms with Gasteiger partial charge in [-0.25, -0.2) is 0 Å². The maximum atomic E-state index is 12.6. The number of aliphatic hydroxyl groups is 1. The molecule has 0 bridgehead atoms. The Hall–Kier alpha value is -1.64. The zero-order chi connectivity index (χ0) is 23.8. The number of amides is 2. The molecule has 2 amide bonds. The molecule has 9 heteroatoms. The molecule has 1 aromatic carbocycles. The number of carbonyl (C=O) groups is 2. The Morgan fingerprint density at radius 1 is 1.18 bits per heavy atom. The lowest BCUT2D eigenvalue weighted by Gasteiger charge is -2.37. The van der Waals surface area contributed by atoms with Gasteiger partial charge in [0.25, 0.3) is 0 Å². The molecule has 0 saturated carbocycles. The first-order chi connectivity index (χ1) is 15.9. The molecule has 1 aromatic rings. The topological polar surface area (TPSA) is 73.3 Å². The molecule has 7 nitrogen and oxygen atoms in total. The number of aliphatic hydroxyl groups excluding tert-OH is 1. The molecule has 2 aliphatic heterocycles. The molecule has 0 radical (unpaired) electrons. The number of nitrogens with zero attached hydrogens (tertiary/aromatic N) is 3. The standard InChI is InChI=1S/C24H33Cl2N3O4/c1-33-22-16-27(11-7-19(22)17-30)9-2-10-28-13-14-29(12-8-24(28)32)23(31)6-4-18-3-5-20(25)21(26)15-18/h3-6,15,19,22,30H,2,7-14,16-17H2,1H3/t19-,22-/m0/s1. The van der Waals surface area contributed by atoms with Crippen LogP contribution >= 0.6 is 23.2 Å². The van der Waals surface area contributed by atoms with E-state index in [1.54, 1.807) is 36.3 Å². The van der Waals surface area contributed by atoms with E-state index >= 15 is 0 Å². The summed E-state index contributed by atoms with van der Waals surface area (Å²) in [6.45, 7) is 4.95. The molecule has 2 heterocycles. The highest BCUT2D eigenvalue weighted by Gasteiger charge is 2.29. The summed E-state index contributed by atoms with van der Waals surface area (Å²) >= 11 is 12.0. The van der Waals surface area contributed by atoms with E-state index in [0.717, 1.165) is 38.0 Å². The second-order valence-corrected chi connectivity index (χ2v) is 9.44. The third kappa shape index (κ3) is 7.42. The average Bonchev–Trinajstić information content (AvgIpc) is 3.01. The minimum Gasteiger partial charge on any atom is -0.396 e. The number of hydrogen-bond acceptors (Lipinski definition) is 5. The van der Waals surface area contributed by atoms with E-state index in [4.69, 9.17) is 27.9 Å². The third-order valence-electron chi connectivity index (χ3n) is 6.48. The SMILES string of the molecule is CO[C@H]1CN(CCCN2CCN(C(=O)C=Cc3ccc(Cl)c(Cl)c3)CCC2=O)CC[C@H]1CO. The molecule has 0 spiro atoms. The van der Waals surface area contributed by atoms with Crippen LogP contribution in [0, 0.1) is 5.92 Å². The maximum absolute atomic E-state index is 12.6. The van der Waals surface area contributed by atoms with Gasteiger partial charge < -0.3 is 24.5 Å². The Morgan fingerprint density at radius 2 is 2.00 bits per heavy atom. The summed E-state index contributed by atoms with van der Waals surface area (Å²) in [5, 5.41) is 10.4. The van der Waals surface area contributed by atoms with Gasteiger partial charge in [0.05, 0.1) is 16.1 Å². The zero-order valence-electron chi connectivity index (χ0n) is 19.1. The van der Waals surface area contributed by atoms with Crippen LogP contribution in [0.3, 0.4) is 0 Å². The monoisotopic (exact) mass is 497 g/mol. The molecule has 2 saturated heterocycles. The van der Waals surface area contributed by atoms with Crippen molar-refractivity contribution >= 4 is 41.1 Å². The Kier molecular flexibility index (Phi) is 10.0. The first-order valence-corrected chi connectivity index (χ1v) is 12.2. The predicted octanol–water partition coefficient (Wildman–Crippen LogP) is 2.79. The van der Waals surface area contributed by atoms with Gasteiger partial charge in [-0.2, -0.15) is 0 Å². The van der Waals surface area contributed by atoms with Crippen LogP contribution in [0.25, 0.3) is 6.08 Å². The molecule has 0 aliphatic carbocycles. The van der Waals surface area contributed by atoms with E-state index in [9.17, 15) is 14.7 Å². The van der Waals surface area contributed by atoms with Crippen LogP contribution in [0.2, 0.25) is 10.0 Å². The van der Waals surface area contributed by atoms with E-state index in [1.165, 1.54) is 6.08 Å². The highest BCUT2D eigenvalue weighted by molar-refractivity contribution is 6.42. The Labute approximate surface area is 205 Å². The van der Waals surface area contributed by atoms with Crippen LogP contribution < -0.4 is 0 Å². The van der Waals surface area contributed by atoms with Gasteiger partial charge >= 0.3 is 0 Å². The molecule has 0 unspecified atom stereocenters. The van der Waals surface area contributed by atoms with Crippen molar-refractivity contribution in [3.8, 4) is 0 Å². The molecular formula is C24H33Cl2N3O4. The van der Waals surface area contributed by atoms with Gasteiger partial charge in [0.2, 0.25) is 11.8 Å². The molecule has 182 valence electrons. The van der Waals surface area contributed by atoms with Gasteiger partial charge in [0.15, 0.2) is 0 Å². The third-order valence-corrected chi connectivity index (χ3v) is 7.22. The van der Waals surface area contributed by atoms with Crippen molar-refractivity contribution in [2.45, 2.75) is 25.4 Å². The second kappa shape index (κ2) is 12.7. The maximum Gasteiger partial charge on any atom is 0.246 e. The van der Waals surface area contributed by atoms with Gasteiger partial charge in [0, 0.05) is 64.9 Å². The fourth-order valence-corrected chi connectivity index (χ4v) is 4.71. The zero-order valence-corrected chi connectivity index (χ0v) is 20.6. The Bertz CT molecular complexity index is 851. The molecule has 3 rings (SSSR count). The molecule has 2 aliphatic rings. The number of piperidine rings is 1. The van der Waals surface area contributed by atoms with Crippen LogP contribution in [0.1, 0.15) is 24.8 Å². The van der Waals surface area contributed by atoms with Crippen molar-refractivity contribution in [3.05, 3.63) is 39.9 Å². The normalized spacial score (nSPS) is 22.7. The molecular weight excluding hydrogens is 465 g/mol. The second-order valence-electron chi connectivity index (χ2n) is 8.62. The number of halogens is 2. The van der Waals surface area contributed by atoms with Gasteiger partial charge in [-0.1, -0.05) is 29.3 Å². The van der Waals surface area contributed by atoms with E-state index < -0.39 is 0 Å². The minimum absolute atomic E-state index is 0.0556. The fourth-order valence-electron chi connectivity index (χ4n) is 4.41.